The van der Waals surface area contributed by atoms with Gasteiger partial charge in [-0.15, -0.1) is 5.10 Å². The summed E-state index contributed by atoms with van der Waals surface area (Å²) in [4.78, 5) is 8.73. The monoisotopic (exact) mass is 366 g/mol. The average Bonchev–Trinajstić information content (AvgIpc) is 3.05. The highest BCUT2D eigenvalue weighted by atomic mass is 19.1. The summed E-state index contributed by atoms with van der Waals surface area (Å²) in [5.41, 5.74) is 1.94. The van der Waals surface area contributed by atoms with E-state index in [9.17, 15) is 8.78 Å². The lowest BCUT2D eigenvalue weighted by molar-refractivity contribution is 0.582. The van der Waals surface area contributed by atoms with Crippen molar-refractivity contribution < 1.29 is 8.78 Å². The van der Waals surface area contributed by atoms with Crippen LogP contribution in [0.5, 0.6) is 0 Å². The lowest BCUT2D eigenvalue weighted by Gasteiger charge is -2.08. The van der Waals surface area contributed by atoms with Crippen molar-refractivity contribution in [3.05, 3.63) is 77.1 Å². The summed E-state index contributed by atoms with van der Waals surface area (Å²) in [6, 6.07) is 13.0. The molecule has 2 aromatic heterocycles. The summed E-state index contributed by atoms with van der Waals surface area (Å²) in [5.74, 6) is 0.358. The number of aromatic nitrogens is 5. The van der Waals surface area contributed by atoms with Gasteiger partial charge >= 0.3 is 0 Å². The predicted octanol–water partition coefficient (Wildman–Crippen LogP) is 3.47. The van der Waals surface area contributed by atoms with Gasteiger partial charge in [0.1, 0.15) is 17.5 Å². The Morgan fingerprint density at radius 3 is 2.30 bits per heavy atom. The summed E-state index contributed by atoms with van der Waals surface area (Å²) < 4.78 is 29.3. The van der Waals surface area contributed by atoms with Crippen LogP contribution in [-0.2, 0) is 13.1 Å². The summed E-state index contributed by atoms with van der Waals surface area (Å²) in [6.45, 7) is 2.19. The number of fused-ring (bicyclic) bond motifs is 1. The van der Waals surface area contributed by atoms with Gasteiger partial charge in [0.25, 0.3) is 0 Å². The molecule has 0 aliphatic carbocycles. The van der Waals surface area contributed by atoms with Gasteiger partial charge in [0.2, 0.25) is 0 Å². The van der Waals surface area contributed by atoms with Gasteiger partial charge in [0.15, 0.2) is 17.0 Å². The van der Waals surface area contributed by atoms with Gasteiger partial charge in [0, 0.05) is 17.7 Å². The van der Waals surface area contributed by atoms with E-state index in [2.05, 4.69) is 25.6 Å². The van der Waals surface area contributed by atoms with Crippen LogP contribution in [0.4, 0.5) is 14.6 Å². The molecule has 0 aliphatic heterocycles. The van der Waals surface area contributed by atoms with E-state index in [1.807, 2.05) is 0 Å². The number of hydrogen-bond acceptors (Lipinski definition) is 5. The van der Waals surface area contributed by atoms with E-state index in [1.54, 1.807) is 43.3 Å². The van der Waals surface area contributed by atoms with Crippen molar-refractivity contribution in [2.24, 2.45) is 0 Å². The van der Waals surface area contributed by atoms with E-state index in [0.29, 0.717) is 33.9 Å². The second-order valence-corrected chi connectivity index (χ2v) is 6.08. The molecule has 0 radical (unpaired) electrons. The molecule has 8 heteroatoms. The van der Waals surface area contributed by atoms with E-state index in [4.69, 9.17) is 0 Å². The molecule has 0 bridgehead atoms. The lowest BCUT2D eigenvalue weighted by Crippen LogP contribution is -2.08. The summed E-state index contributed by atoms with van der Waals surface area (Å²) in [5, 5.41) is 11.3. The SMILES string of the molecule is Cc1nc(NCc2ccccc2F)c2nnn(Cc3ccccc3F)c2n1. The number of rotatable bonds is 5. The number of anilines is 1. The number of halogens is 2. The van der Waals surface area contributed by atoms with Crippen LogP contribution in [-0.4, -0.2) is 25.0 Å². The first-order valence-corrected chi connectivity index (χ1v) is 8.40. The minimum Gasteiger partial charge on any atom is -0.364 e. The Balaban J connectivity index is 1.66. The Hall–Kier alpha value is -3.42. The molecule has 2 aromatic carbocycles. The van der Waals surface area contributed by atoms with Crippen LogP contribution in [0.2, 0.25) is 0 Å². The molecule has 0 unspecified atom stereocenters. The molecule has 0 saturated carbocycles. The molecule has 27 heavy (non-hydrogen) atoms. The van der Waals surface area contributed by atoms with Crippen LogP contribution in [0.1, 0.15) is 17.0 Å². The zero-order valence-electron chi connectivity index (χ0n) is 14.5. The van der Waals surface area contributed by atoms with Gasteiger partial charge in [0.05, 0.1) is 6.54 Å². The van der Waals surface area contributed by atoms with Crippen molar-refractivity contribution in [3.63, 3.8) is 0 Å². The van der Waals surface area contributed by atoms with Crippen molar-refractivity contribution in [2.45, 2.75) is 20.0 Å². The topological polar surface area (TPSA) is 68.5 Å². The Morgan fingerprint density at radius 1 is 0.926 bits per heavy atom. The first kappa shape index (κ1) is 17.0. The van der Waals surface area contributed by atoms with Crippen molar-refractivity contribution >= 4 is 17.0 Å². The second-order valence-electron chi connectivity index (χ2n) is 6.08. The molecule has 0 saturated heterocycles. The quantitative estimate of drug-likeness (QED) is 0.586. The molecule has 4 aromatic rings. The second kappa shape index (κ2) is 7.06. The predicted molar refractivity (Wildman–Crippen MR) is 97.1 cm³/mol. The molecule has 136 valence electrons. The summed E-state index contributed by atoms with van der Waals surface area (Å²) in [7, 11) is 0. The maximum atomic E-state index is 13.9. The number of benzene rings is 2. The minimum atomic E-state index is -0.315. The van der Waals surface area contributed by atoms with Crippen LogP contribution in [0.15, 0.2) is 48.5 Å². The number of hydrogen-bond donors (Lipinski definition) is 1. The van der Waals surface area contributed by atoms with Crippen LogP contribution in [0.3, 0.4) is 0 Å². The van der Waals surface area contributed by atoms with Crippen molar-refractivity contribution in [3.8, 4) is 0 Å². The van der Waals surface area contributed by atoms with Crippen LogP contribution < -0.4 is 5.32 Å². The fourth-order valence-electron chi connectivity index (χ4n) is 2.80. The highest BCUT2D eigenvalue weighted by molar-refractivity contribution is 5.82. The minimum absolute atomic E-state index is 0.201. The first-order chi connectivity index (χ1) is 13.1. The van der Waals surface area contributed by atoms with E-state index in [0.717, 1.165) is 0 Å². The number of aryl methyl sites for hydroxylation is 1. The van der Waals surface area contributed by atoms with Crippen molar-refractivity contribution in [2.75, 3.05) is 5.32 Å². The van der Waals surface area contributed by atoms with Gasteiger partial charge in [-0.05, 0) is 19.1 Å². The highest BCUT2D eigenvalue weighted by Crippen LogP contribution is 2.20. The molecule has 1 N–H and O–H groups in total. The fourth-order valence-corrected chi connectivity index (χ4v) is 2.80. The zero-order chi connectivity index (χ0) is 18.8. The lowest BCUT2D eigenvalue weighted by atomic mass is 10.2. The highest BCUT2D eigenvalue weighted by Gasteiger charge is 2.15. The normalized spacial score (nSPS) is 11.1. The molecule has 0 aliphatic rings. The Kier molecular flexibility index (Phi) is 4.45. The number of nitrogens with one attached hydrogen (secondary N) is 1. The first-order valence-electron chi connectivity index (χ1n) is 8.40. The van der Waals surface area contributed by atoms with Crippen LogP contribution >= 0.6 is 0 Å². The Labute approximate surface area is 153 Å². The smallest absolute Gasteiger partial charge is 0.184 e. The van der Waals surface area contributed by atoms with Crippen molar-refractivity contribution in [1.82, 2.24) is 25.0 Å². The molecule has 6 nitrogen and oxygen atoms in total. The van der Waals surface area contributed by atoms with E-state index in [1.165, 1.54) is 16.8 Å². The molecule has 0 amide bonds. The molecule has 2 heterocycles. The molecule has 0 fully saturated rings. The molecule has 4 rings (SSSR count). The third-order valence-electron chi connectivity index (χ3n) is 4.16. The maximum absolute atomic E-state index is 13.9. The van der Waals surface area contributed by atoms with Gasteiger partial charge in [-0.2, -0.15) is 0 Å². The van der Waals surface area contributed by atoms with Crippen molar-refractivity contribution in [1.29, 1.82) is 0 Å². The Bertz CT molecular complexity index is 1110. The van der Waals surface area contributed by atoms with E-state index >= 15 is 0 Å². The van der Waals surface area contributed by atoms with Crippen LogP contribution in [0.25, 0.3) is 11.2 Å². The molecular formula is C19H16F2N6. The van der Waals surface area contributed by atoms with Gasteiger partial charge < -0.3 is 5.32 Å². The molecular weight excluding hydrogens is 350 g/mol. The van der Waals surface area contributed by atoms with Gasteiger partial charge in [-0.1, -0.05) is 41.6 Å². The van der Waals surface area contributed by atoms with Gasteiger partial charge in [-0.25, -0.2) is 23.4 Å². The Morgan fingerprint density at radius 2 is 1.59 bits per heavy atom. The third kappa shape index (κ3) is 3.46. The average molecular weight is 366 g/mol. The third-order valence-corrected chi connectivity index (χ3v) is 4.16. The summed E-state index contributed by atoms with van der Waals surface area (Å²) in [6.07, 6.45) is 0. The standard InChI is InChI=1S/C19H16F2N6/c1-12-23-18(22-10-13-6-2-4-8-15(13)20)17-19(24-12)27(26-25-17)11-14-7-3-5-9-16(14)21/h2-9H,10-11H2,1H3,(H,22,23,24). The largest absolute Gasteiger partial charge is 0.364 e. The molecule has 0 spiro atoms. The van der Waals surface area contributed by atoms with E-state index in [-0.39, 0.29) is 24.7 Å². The van der Waals surface area contributed by atoms with Crippen LogP contribution in [0, 0.1) is 18.6 Å². The summed E-state index contributed by atoms with van der Waals surface area (Å²) >= 11 is 0. The van der Waals surface area contributed by atoms with Gasteiger partial charge in [-0.3, -0.25) is 0 Å². The fraction of sp³-hybridized carbons (Fsp3) is 0.158. The van der Waals surface area contributed by atoms with E-state index < -0.39 is 0 Å². The maximum Gasteiger partial charge on any atom is 0.184 e. The number of nitrogens with zero attached hydrogens (tertiary/aromatic N) is 5. The molecule has 0 atom stereocenters. The zero-order valence-corrected chi connectivity index (χ0v) is 14.5.